The molecule has 1 fully saturated rings. The van der Waals surface area contributed by atoms with Crippen molar-refractivity contribution in [2.75, 3.05) is 32.8 Å². The van der Waals surface area contributed by atoms with Crippen LogP contribution in [0.4, 0.5) is 0 Å². The van der Waals surface area contributed by atoms with Crippen LogP contribution in [0.15, 0.2) is 35.5 Å². The van der Waals surface area contributed by atoms with E-state index in [0.29, 0.717) is 6.42 Å². The predicted molar refractivity (Wildman–Crippen MR) is 84.4 cm³/mol. The van der Waals surface area contributed by atoms with Crippen molar-refractivity contribution in [3.63, 3.8) is 0 Å². The minimum atomic E-state index is -0.340. The Kier molecular flexibility index (Phi) is 4.87. The molecule has 3 rings (SSSR count). The number of benzene rings is 1. The molecule has 1 heterocycles. The van der Waals surface area contributed by atoms with Gasteiger partial charge in [-0.2, -0.15) is 0 Å². The summed E-state index contributed by atoms with van der Waals surface area (Å²) in [7, 11) is 0. The molecule has 1 saturated heterocycles. The van der Waals surface area contributed by atoms with Crippen molar-refractivity contribution in [2.45, 2.75) is 18.4 Å². The van der Waals surface area contributed by atoms with Crippen LogP contribution in [0.1, 0.15) is 23.5 Å². The van der Waals surface area contributed by atoms with E-state index in [1.807, 2.05) is 18.2 Å². The molecule has 22 heavy (non-hydrogen) atoms. The third kappa shape index (κ3) is 3.38. The number of fused-ring (bicyclic) bond motifs is 1. The summed E-state index contributed by atoms with van der Waals surface area (Å²) >= 11 is 0. The molecule has 3 N–H and O–H groups in total. The summed E-state index contributed by atoms with van der Waals surface area (Å²) in [5.74, 6) is 0.180. The monoisotopic (exact) mass is 303 g/mol. The molecule has 2 aliphatic rings. The molecule has 0 saturated carbocycles. The number of hydrogen-bond acceptors (Lipinski definition) is 4. The van der Waals surface area contributed by atoms with Crippen LogP contribution in [0.2, 0.25) is 0 Å². The highest BCUT2D eigenvalue weighted by Gasteiger charge is 2.26. The molecule has 0 unspecified atom stereocenters. The van der Waals surface area contributed by atoms with E-state index in [1.54, 1.807) is 0 Å². The van der Waals surface area contributed by atoms with Gasteiger partial charge < -0.3 is 20.0 Å². The van der Waals surface area contributed by atoms with E-state index >= 15 is 0 Å². The number of rotatable bonds is 5. The Balaban J connectivity index is 1.66. The van der Waals surface area contributed by atoms with Gasteiger partial charge in [-0.25, -0.2) is 0 Å². The molecular formula is C17H23N2O3+. The number of aliphatic hydroxyl groups is 1. The summed E-state index contributed by atoms with van der Waals surface area (Å²) in [5.41, 5.74) is 3.22. The number of quaternary nitrogens is 1. The summed E-state index contributed by atoms with van der Waals surface area (Å²) in [6.07, 6.45) is 3.91. The van der Waals surface area contributed by atoms with E-state index in [0.717, 1.165) is 44.0 Å². The second-order valence-electron chi connectivity index (χ2n) is 6.02. The first-order chi connectivity index (χ1) is 10.8. The largest absolute Gasteiger partial charge is 0.411 e. The fraction of sp³-hybridized carbons (Fsp3) is 0.471. The quantitative estimate of drug-likeness (QED) is 0.416. The summed E-state index contributed by atoms with van der Waals surface area (Å²) in [6, 6.07) is 8.11. The highest BCUT2D eigenvalue weighted by Crippen LogP contribution is 2.37. The average molecular weight is 303 g/mol. The van der Waals surface area contributed by atoms with Crippen molar-refractivity contribution in [1.29, 1.82) is 0 Å². The van der Waals surface area contributed by atoms with E-state index in [4.69, 9.17) is 9.94 Å². The number of aliphatic hydroxyl groups excluding tert-OH is 1. The van der Waals surface area contributed by atoms with Crippen LogP contribution >= 0.6 is 0 Å². The summed E-state index contributed by atoms with van der Waals surface area (Å²) in [5, 5.41) is 22.4. The van der Waals surface area contributed by atoms with Crippen molar-refractivity contribution < 1.29 is 20.0 Å². The summed E-state index contributed by atoms with van der Waals surface area (Å²) < 4.78 is 5.35. The second kappa shape index (κ2) is 7.05. The average Bonchev–Trinajstić information content (AvgIpc) is 2.87. The zero-order valence-electron chi connectivity index (χ0n) is 12.6. The van der Waals surface area contributed by atoms with E-state index < -0.39 is 0 Å². The minimum Gasteiger partial charge on any atom is -0.411 e. The maximum Gasteiger partial charge on any atom is 0.104 e. The highest BCUT2D eigenvalue weighted by molar-refractivity contribution is 6.11. The van der Waals surface area contributed by atoms with Crippen molar-refractivity contribution >= 4 is 11.8 Å². The van der Waals surface area contributed by atoms with Gasteiger partial charge in [0.1, 0.15) is 25.7 Å². The fourth-order valence-corrected chi connectivity index (χ4v) is 3.42. The zero-order chi connectivity index (χ0) is 15.4. The standard InChI is InChI=1S/C17H22N2O3/c20-15(12-19-5-7-22-8-6-19)10-13-9-14(11-18-21)17-4-2-1-3-16(13)17/h1-4,9,11,13,15,20-21H,5-8,10,12H2/p+1/b18-11-/t13-,15+/m0/s1. The van der Waals surface area contributed by atoms with Crippen LogP contribution in [0.3, 0.4) is 0 Å². The number of morpholine rings is 1. The minimum absolute atomic E-state index is 0.180. The van der Waals surface area contributed by atoms with Gasteiger partial charge in [-0.1, -0.05) is 35.5 Å². The van der Waals surface area contributed by atoms with Gasteiger partial charge >= 0.3 is 0 Å². The van der Waals surface area contributed by atoms with Crippen molar-refractivity contribution in [3.05, 3.63) is 41.5 Å². The molecule has 1 aliphatic carbocycles. The third-order valence-corrected chi connectivity index (χ3v) is 4.50. The van der Waals surface area contributed by atoms with Gasteiger partial charge in [0.05, 0.1) is 19.4 Å². The van der Waals surface area contributed by atoms with Crippen LogP contribution in [0, 0.1) is 0 Å². The first kappa shape index (κ1) is 15.2. The molecule has 0 radical (unpaired) electrons. The van der Waals surface area contributed by atoms with Gasteiger partial charge in [-0.3, -0.25) is 0 Å². The lowest BCUT2D eigenvalue weighted by Crippen LogP contribution is -3.15. The topological polar surface area (TPSA) is 66.5 Å². The van der Waals surface area contributed by atoms with Crippen LogP contribution in [-0.4, -0.2) is 55.5 Å². The Morgan fingerprint density at radius 2 is 2.09 bits per heavy atom. The SMILES string of the molecule is O/N=C\C1=C[C@@H](C[C@@H](O)C[NH+]2CCOCC2)c2ccccc21. The van der Waals surface area contributed by atoms with Gasteiger partial charge in [0, 0.05) is 11.5 Å². The Bertz CT molecular complexity index is 565. The van der Waals surface area contributed by atoms with Gasteiger partial charge in [0.25, 0.3) is 0 Å². The zero-order valence-corrected chi connectivity index (χ0v) is 12.6. The Morgan fingerprint density at radius 1 is 1.32 bits per heavy atom. The molecule has 0 amide bonds. The Hall–Kier alpha value is -1.69. The lowest BCUT2D eigenvalue weighted by molar-refractivity contribution is -0.911. The molecule has 0 bridgehead atoms. The number of nitrogens with one attached hydrogen (secondary N) is 1. The van der Waals surface area contributed by atoms with E-state index in [-0.39, 0.29) is 12.0 Å². The molecule has 5 nitrogen and oxygen atoms in total. The smallest absolute Gasteiger partial charge is 0.104 e. The number of allylic oxidation sites excluding steroid dienone is 2. The van der Waals surface area contributed by atoms with E-state index in [9.17, 15) is 5.11 Å². The molecule has 5 heteroatoms. The number of nitrogens with zero attached hydrogens (tertiary/aromatic N) is 1. The molecule has 0 spiro atoms. The molecule has 118 valence electrons. The van der Waals surface area contributed by atoms with Crippen LogP contribution in [0.25, 0.3) is 5.57 Å². The molecule has 1 aromatic rings. The Labute approximate surface area is 130 Å². The molecule has 1 aromatic carbocycles. The van der Waals surface area contributed by atoms with E-state index in [1.165, 1.54) is 16.7 Å². The molecular weight excluding hydrogens is 280 g/mol. The van der Waals surface area contributed by atoms with Crippen LogP contribution < -0.4 is 4.90 Å². The number of ether oxygens (including phenoxy) is 1. The molecule has 2 atom stereocenters. The van der Waals surface area contributed by atoms with Gasteiger partial charge in [-0.15, -0.1) is 0 Å². The van der Waals surface area contributed by atoms with Crippen molar-refractivity contribution in [2.24, 2.45) is 5.16 Å². The fourth-order valence-electron chi connectivity index (χ4n) is 3.42. The van der Waals surface area contributed by atoms with Gasteiger partial charge in [0.2, 0.25) is 0 Å². The summed E-state index contributed by atoms with van der Waals surface area (Å²) in [4.78, 5) is 1.41. The van der Waals surface area contributed by atoms with Gasteiger partial charge in [-0.05, 0) is 17.5 Å². The van der Waals surface area contributed by atoms with Crippen LogP contribution in [-0.2, 0) is 4.74 Å². The predicted octanol–water partition coefficient (Wildman–Crippen LogP) is 0.293. The van der Waals surface area contributed by atoms with Gasteiger partial charge in [0.15, 0.2) is 0 Å². The van der Waals surface area contributed by atoms with Crippen LogP contribution in [0.5, 0.6) is 0 Å². The molecule has 1 aliphatic heterocycles. The summed E-state index contributed by atoms with van der Waals surface area (Å²) in [6.45, 7) is 4.27. The third-order valence-electron chi connectivity index (χ3n) is 4.50. The number of oxime groups is 1. The van der Waals surface area contributed by atoms with Crippen molar-refractivity contribution in [1.82, 2.24) is 0 Å². The van der Waals surface area contributed by atoms with Crippen molar-refractivity contribution in [3.8, 4) is 0 Å². The maximum absolute atomic E-state index is 10.4. The first-order valence-electron chi connectivity index (χ1n) is 7.86. The van der Waals surface area contributed by atoms with E-state index in [2.05, 4.69) is 17.3 Å². The second-order valence-corrected chi connectivity index (χ2v) is 6.02. The first-order valence-corrected chi connectivity index (χ1v) is 7.86. The lowest BCUT2D eigenvalue weighted by Gasteiger charge is -2.26. The maximum atomic E-state index is 10.4. The Morgan fingerprint density at radius 3 is 2.86 bits per heavy atom. The highest BCUT2D eigenvalue weighted by atomic mass is 16.5. The molecule has 0 aromatic heterocycles. The lowest BCUT2D eigenvalue weighted by atomic mass is 9.94. The number of hydrogen-bond donors (Lipinski definition) is 3. The normalized spacial score (nSPS) is 23.5.